The fourth-order valence-electron chi connectivity index (χ4n) is 5.79. The number of nitrogens with zero attached hydrogens (tertiary/aromatic N) is 2. The number of hydrogen-bond acceptors (Lipinski definition) is 8. The zero-order valence-electron chi connectivity index (χ0n) is 29.5. The van der Waals surface area contributed by atoms with E-state index >= 15 is 0 Å². The summed E-state index contributed by atoms with van der Waals surface area (Å²) >= 11 is 1.42. The molecule has 0 radical (unpaired) electrons. The van der Waals surface area contributed by atoms with Crippen molar-refractivity contribution in [1.82, 2.24) is 20.6 Å². The van der Waals surface area contributed by atoms with Crippen LogP contribution in [0.5, 0.6) is 5.75 Å². The van der Waals surface area contributed by atoms with Gasteiger partial charge in [0.05, 0.1) is 17.5 Å². The van der Waals surface area contributed by atoms with Gasteiger partial charge in [0.2, 0.25) is 0 Å². The maximum atomic E-state index is 13.3. The monoisotopic (exact) mass is 698 g/mol. The van der Waals surface area contributed by atoms with E-state index in [0.29, 0.717) is 10.7 Å². The molecule has 1 amide bonds. The molecule has 2 aromatic heterocycles. The topological polar surface area (TPSA) is 134 Å². The third kappa shape index (κ3) is 10.4. The van der Waals surface area contributed by atoms with Crippen molar-refractivity contribution >= 4 is 23.2 Å². The van der Waals surface area contributed by atoms with Crippen molar-refractivity contribution in [3.8, 4) is 28.3 Å². The molecule has 1 unspecified atom stereocenters. The Labute approximate surface area is 299 Å². The van der Waals surface area contributed by atoms with Gasteiger partial charge in [-0.1, -0.05) is 89.8 Å². The number of carbonyl (C=O) groups excluding carboxylic acids is 1. The van der Waals surface area contributed by atoms with E-state index in [4.69, 9.17) is 4.74 Å². The summed E-state index contributed by atoms with van der Waals surface area (Å²) in [6, 6.07) is 17.7. The van der Waals surface area contributed by atoms with Gasteiger partial charge in [0, 0.05) is 28.4 Å². The zero-order valence-corrected chi connectivity index (χ0v) is 30.3. The van der Waals surface area contributed by atoms with Crippen LogP contribution in [0.15, 0.2) is 73.1 Å². The van der Waals surface area contributed by atoms with Crippen molar-refractivity contribution in [1.29, 1.82) is 0 Å². The number of amides is 1. The van der Waals surface area contributed by atoms with Gasteiger partial charge in [-0.25, -0.2) is 9.97 Å². The van der Waals surface area contributed by atoms with Gasteiger partial charge in [-0.15, -0.1) is 11.3 Å². The summed E-state index contributed by atoms with van der Waals surface area (Å²) in [5.74, 6) is 0.0992. The Morgan fingerprint density at radius 3 is 2.16 bits per heavy atom. The first-order valence-corrected chi connectivity index (χ1v) is 18.6. The van der Waals surface area contributed by atoms with Crippen LogP contribution in [0.25, 0.3) is 22.5 Å². The van der Waals surface area contributed by atoms with Crippen LogP contribution in [-0.2, 0) is 16.6 Å². The van der Waals surface area contributed by atoms with Crippen molar-refractivity contribution in [2.24, 2.45) is 5.92 Å². The van der Waals surface area contributed by atoms with E-state index < -0.39 is 24.3 Å². The minimum atomic E-state index is -1.27. The second kappa shape index (κ2) is 17.2. The lowest BCUT2D eigenvalue weighted by Gasteiger charge is -2.27. The number of unbranched alkanes of at least 4 members (excludes halogenated alkanes) is 4. The van der Waals surface area contributed by atoms with Crippen LogP contribution < -0.4 is 15.4 Å². The lowest BCUT2D eigenvalue weighted by molar-refractivity contribution is -0.141. The molecule has 0 saturated heterocycles. The zero-order chi connectivity index (χ0) is 35.7. The van der Waals surface area contributed by atoms with Crippen LogP contribution in [0, 0.1) is 5.92 Å². The lowest BCUT2D eigenvalue weighted by Crippen LogP contribution is -2.56. The standard InChI is InChI=1S/C40H50N4O5S/c1-5-6-7-8-9-22-49-31-18-16-27(17-19-31)30-24-41-36(42-25-30)29-12-10-26(11-13-29)23-32(37(45)44-35(39(47)48)28-14-15-28)43-38(46)33-20-21-34(50-33)40(2,3)4/h10-13,16-21,24-25,28,32,35,37,44-45H,5-9,14-15,22-23H2,1-4H3,(H,43,46)(H,47,48)/t32-,35-,37?/m0/s1. The number of nitrogens with one attached hydrogen (secondary N) is 2. The van der Waals surface area contributed by atoms with Gasteiger partial charge >= 0.3 is 5.97 Å². The Bertz CT molecular complexity index is 1680. The smallest absolute Gasteiger partial charge is 0.321 e. The predicted molar refractivity (Wildman–Crippen MR) is 198 cm³/mol. The highest BCUT2D eigenvalue weighted by Crippen LogP contribution is 2.33. The van der Waals surface area contributed by atoms with Gasteiger partial charge < -0.3 is 20.3 Å². The van der Waals surface area contributed by atoms with E-state index in [9.17, 15) is 19.8 Å². The van der Waals surface area contributed by atoms with Crippen LogP contribution in [0.4, 0.5) is 0 Å². The van der Waals surface area contributed by atoms with Crippen molar-refractivity contribution < 1.29 is 24.5 Å². The minimum Gasteiger partial charge on any atom is -0.494 e. The molecule has 4 N–H and O–H groups in total. The second-order valence-electron chi connectivity index (χ2n) is 14.2. The first-order chi connectivity index (χ1) is 24.0. The summed E-state index contributed by atoms with van der Waals surface area (Å²) in [6.45, 7) is 9.22. The summed E-state index contributed by atoms with van der Waals surface area (Å²) in [5, 5.41) is 26.8. The third-order valence-electron chi connectivity index (χ3n) is 9.00. The Morgan fingerprint density at radius 1 is 0.900 bits per heavy atom. The molecule has 10 heteroatoms. The fraction of sp³-hybridized carbons (Fsp3) is 0.450. The number of carboxylic acid groups (broad SMARTS) is 1. The average Bonchev–Trinajstić information content (AvgIpc) is 3.81. The van der Waals surface area contributed by atoms with Crippen LogP contribution in [0.2, 0.25) is 0 Å². The second-order valence-corrected chi connectivity index (χ2v) is 15.3. The van der Waals surface area contributed by atoms with E-state index in [1.165, 1.54) is 37.0 Å². The Hall–Kier alpha value is -4.12. The number of aliphatic hydroxyl groups is 1. The number of ether oxygens (including phenoxy) is 1. The molecular formula is C40H50N4O5S. The molecule has 50 heavy (non-hydrogen) atoms. The highest BCUT2D eigenvalue weighted by Gasteiger charge is 2.38. The van der Waals surface area contributed by atoms with E-state index in [1.807, 2.05) is 67.0 Å². The molecule has 1 aliphatic rings. The number of aliphatic hydroxyl groups excluding tert-OH is 1. The van der Waals surface area contributed by atoms with Crippen LogP contribution >= 0.6 is 11.3 Å². The maximum Gasteiger partial charge on any atom is 0.321 e. The van der Waals surface area contributed by atoms with Crippen molar-refractivity contribution in [3.05, 3.63) is 88.4 Å². The average molecular weight is 699 g/mol. The first-order valence-electron chi connectivity index (χ1n) is 17.7. The third-order valence-corrected chi connectivity index (χ3v) is 10.5. The van der Waals surface area contributed by atoms with Gasteiger partial charge in [0.25, 0.3) is 5.91 Å². The van der Waals surface area contributed by atoms with Gasteiger partial charge in [0.1, 0.15) is 18.0 Å². The Morgan fingerprint density at radius 2 is 1.56 bits per heavy atom. The first kappa shape index (κ1) is 37.1. The molecule has 3 atom stereocenters. The van der Waals surface area contributed by atoms with Crippen molar-refractivity contribution in [3.63, 3.8) is 0 Å². The lowest BCUT2D eigenvalue weighted by atomic mass is 9.95. The summed E-state index contributed by atoms with van der Waals surface area (Å²) in [6.07, 6.45) is 10.3. The number of aromatic nitrogens is 2. The summed E-state index contributed by atoms with van der Waals surface area (Å²) in [7, 11) is 0. The van der Waals surface area contributed by atoms with E-state index in [2.05, 4.69) is 48.3 Å². The predicted octanol–water partition coefficient (Wildman–Crippen LogP) is 7.63. The molecule has 0 spiro atoms. The van der Waals surface area contributed by atoms with Crippen LogP contribution in [0.3, 0.4) is 0 Å². The Balaban J connectivity index is 1.22. The summed E-state index contributed by atoms with van der Waals surface area (Å²) < 4.78 is 5.90. The maximum absolute atomic E-state index is 13.3. The van der Waals surface area contributed by atoms with Crippen LogP contribution in [-0.4, -0.2) is 57.0 Å². The molecular weight excluding hydrogens is 649 g/mol. The summed E-state index contributed by atoms with van der Waals surface area (Å²) in [5.41, 5.74) is 3.51. The van der Waals surface area contributed by atoms with Gasteiger partial charge in [-0.3, -0.25) is 14.9 Å². The fourth-order valence-corrected chi connectivity index (χ4v) is 6.76. The quantitative estimate of drug-likeness (QED) is 0.0616. The molecule has 1 saturated carbocycles. The number of rotatable bonds is 18. The normalized spacial score (nSPS) is 14.9. The molecule has 2 heterocycles. The number of thiophene rings is 1. The largest absolute Gasteiger partial charge is 0.494 e. The SMILES string of the molecule is CCCCCCCOc1ccc(-c2cnc(-c3ccc(C[C@H](NC(=O)c4ccc(C(C)(C)C)s4)C(O)N[C@H](C(=O)O)C4CC4)cc3)nc2)cc1. The van der Waals surface area contributed by atoms with E-state index in [0.717, 1.165) is 58.7 Å². The highest BCUT2D eigenvalue weighted by molar-refractivity contribution is 7.14. The van der Waals surface area contributed by atoms with Gasteiger partial charge in [0.15, 0.2) is 5.82 Å². The van der Waals surface area contributed by atoms with Crippen molar-refractivity contribution in [2.45, 2.75) is 103 Å². The van der Waals surface area contributed by atoms with E-state index in [-0.39, 0.29) is 23.7 Å². The number of carboxylic acids is 1. The van der Waals surface area contributed by atoms with Gasteiger partial charge in [-0.05, 0) is 72.4 Å². The van der Waals surface area contributed by atoms with Crippen LogP contribution in [0.1, 0.15) is 92.8 Å². The summed E-state index contributed by atoms with van der Waals surface area (Å²) in [4.78, 5) is 36.1. The molecule has 2 aromatic carbocycles. The molecule has 1 fully saturated rings. The Kier molecular flexibility index (Phi) is 12.8. The molecule has 5 rings (SSSR count). The minimum absolute atomic E-state index is 0.0286. The highest BCUT2D eigenvalue weighted by atomic mass is 32.1. The van der Waals surface area contributed by atoms with Crippen molar-refractivity contribution in [2.75, 3.05) is 6.61 Å². The molecule has 0 bridgehead atoms. The molecule has 9 nitrogen and oxygen atoms in total. The number of hydrogen-bond donors (Lipinski definition) is 4. The van der Waals surface area contributed by atoms with Gasteiger partial charge in [-0.2, -0.15) is 0 Å². The molecule has 0 aliphatic heterocycles. The number of carbonyl (C=O) groups is 2. The number of benzene rings is 2. The molecule has 1 aliphatic carbocycles. The molecule has 4 aromatic rings. The van der Waals surface area contributed by atoms with E-state index in [1.54, 1.807) is 6.07 Å². The number of aliphatic carboxylic acids is 1. The molecule has 266 valence electrons.